The molecular weight excluding hydrogens is 256 g/mol. The van der Waals surface area contributed by atoms with E-state index in [1.54, 1.807) is 0 Å². The second kappa shape index (κ2) is 8.28. The normalized spacial score (nSPS) is 20.5. The first kappa shape index (κ1) is 17.0. The fourth-order valence-corrected chi connectivity index (χ4v) is 2.81. The van der Waals surface area contributed by atoms with Gasteiger partial charge in [-0.05, 0) is 49.9 Å². The standard InChI is InChI=1S/2C8H14O2/c1-2-6(5-8(9)10)7-3-4-7;1-2-3-7(8(9)10)6-4-5-6/h2*6-7H,2-5H2,1H3,(H,9,10). The quantitative estimate of drug-likeness (QED) is 0.711. The van der Waals surface area contributed by atoms with Crippen molar-refractivity contribution in [2.24, 2.45) is 23.7 Å². The second-order valence-electron chi connectivity index (χ2n) is 6.17. The van der Waals surface area contributed by atoms with Gasteiger partial charge < -0.3 is 10.2 Å². The molecule has 2 aliphatic carbocycles. The highest BCUT2D eigenvalue weighted by atomic mass is 16.4. The first-order valence-corrected chi connectivity index (χ1v) is 7.94. The van der Waals surface area contributed by atoms with Gasteiger partial charge in [0.2, 0.25) is 0 Å². The van der Waals surface area contributed by atoms with Crippen LogP contribution in [-0.2, 0) is 9.59 Å². The van der Waals surface area contributed by atoms with Crippen molar-refractivity contribution in [2.45, 2.75) is 65.2 Å². The Labute approximate surface area is 121 Å². The summed E-state index contributed by atoms with van der Waals surface area (Å²) in [7, 11) is 0. The molecule has 20 heavy (non-hydrogen) atoms. The van der Waals surface area contributed by atoms with Gasteiger partial charge in [0.15, 0.2) is 0 Å². The molecule has 0 radical (unpaired) electrons. The van der Waals surface area contributed by atoms with Crippen LogP contribution < -0.4 is 0 Å². The van der Waals surface area contributed by atoms with Crippen molar-refractivity contribution in [1.82, 2.24) is 0 Å². The molecule has 116 valence electrons. The van der Waals surface area contributed by atoms with E-state index in [9.17, 15) is 9.59 Å². The SMILES string of the molecule is CCC(CC(=O)O)C1CC1.CCCC(C(=O)O)C1CC1. The fraction of sp³-hybridized carbons (Fsp3) is 0.875. The lowest BCUT2D eigenvalue weighted by Gasteiger charge is -2.08. The predicted molar refractivity (Wildman–Crippen MR) is 77.5 cm³/mol. The molecule has 2 N–H and O–H groups in total. The maximum Gasteiger partial charge on any atom is 0.306 e. The molecule has 4 heteroatoms. The number of hydrogen-bond acceptors (Lipinski definition) is 2. The molecule has 4 nitrogen and oxygen atoms in total. The van der Waals surface area contributed by atoms with E-state index in [0.717, 1.165) is 38.0 Å². The summed E-state index contributed by atoms with van der Waals surface area (Å²) in [5, 5.41) is 17.2. The van der Waals surface area contributed by atoms with Crippen LogP contribution in [0.15, 0.2) is 0 Å². The van der Waals surface area contributed by atoms with Gasteiger partial charge in [0.1, 0.15) is 0 Å². The van der Waals surface area contributed by atoms with E-state index in [2.05, 4.69) is 6.92 Å². The second-order valence-corrected chi connectivity index (χ2v) is 6.17. The third-order valence-corrected chi connectivity index (χ3v) is 4.36. The number of hydrogen-bond donors (Lipinski definition) is 2. The maximum absolute atomic E-state index is 10.6. The molecule has 0 heterocycles. The zero-order valence-electron chi connectivity index (χ0n) is 12.7. The Morgan fingerprint density at radius 2 is 1.60 bits per heavy atom. The third kappa shape index (κ3) is 6.40. The summed E-state index contributed by atoms with van der Waals surface area (Å²) in [5.74, 6) is 0.434. The Kier molecular flexibility index (Phi) is 7.03. The van der Waals surface area contributed by atoms with Gasteiger partial charge in [0.05, 0.1) is 5.92 Å². The van der Waals surface area contributed by atoms with Crippen molar-refractivity contribution in [1.29, 1.82) is 0 Å². The number of carboxylic acids is 2. The molecule has 0 aliphatic heterocycles. The molecule has 0 bridgehead atoms. The van der Waals surface area contributed by atoms with Gasteiger partial charge >= 0.3 is 11.9 Å². The van der Waals surface area contributed by atoms with E-state index >= 15 is 0 Å². The summed E-state index contributed by atoms with van der Waals surface area (Å²) in [5.41, 5.74) is 0. The molecule has 0 saturated heterocycles. The van der Waals surface area contributed by atoms with E-state index < -0.39 is 11.9 Å². The molecular formula is C16H28O4. The van der Waals surface area contributed by atoms with Crippen molar-refractivity contribution in [3.63, 3.8) is 0 Å². The highest BCUT2D eigenvalue weighted by molar-refractivity contribution is 5.70. The van der Waals surface area contributed by atoms with Crippen LogP contribution in [0.2, 0.25) is 0 Å². The summed E-state index contributed by atoms with van der Waals surface area (Å²) in [6.45, 7) is 4.12. The minimum absolute atomic E-state index is 0.0370. The largest absolute Gasteiger partial charge is 0.481 e. The van der Waals surface area contributed by atoms with Crippen molar-refractivity contribution < 1.29 is 19.8 Å². The first-order valence-electron chi connectivity index (χ1n) is 7.94. The monoisotopic (exact) mass is 284 g/mol. The molecule has 0 aromatic heterocycles. The first-order chi connectivity index (χ1) is 9.49. The maximum atomic E-state index is 10.6. The summed E-state index contributed by atoms with van der Waals surface area (Å²) in [6.07, 6.45) is 8.04. The number of aliphatic carboxylic acids is 2. The Morgan fingerprint density at radius 1 is 1.05 bits per heavy atom. The lowest BCUT2D eigenvalue weighted by molar-refractivity contribution is -0.142. The van der Waals surface area contributed by atoms with Gasteiger partial charge in [-0.15, -0.1) is 0 Å². The van der Waals surface area contributed by atoms with Crippen LogP contribution in [0.4, 0.5) is 0 Å². The molecule has 0 spiro atoms. The fourth-order valence-electron chi connectivity index (χ4n) is 2.81. The van der Waals surface area contributed by atoms with Crippen LogP contribution in [0.1, 0.15) is 65.2 Å². The van der Waals surface area contributed by atoms with E-state index in [1.165, 1.54) is 12.8 Å². The van der Waals surface area contributed by atoms with Gasteiger partial charge in [-0.25, -0.2) is 0 Å². The molecule has 0 aromatic carbocycles. The lowest BCUT2D eigenvalue weighted by Crippen LogP contribution is -2.15. The van der Waals surface area contributed by atoms with E-state index in [0.29, 0.717) is 18.3 Å². The van der Waals surface area contributed by atoms with E-state index in [1.807, 2.05) is 6.92 Å². The lowest BCUT2D eigenvalue weighted by atomic mass is 9.97. The van der Waals surface area contributed by atoms with Crippen LogP contribution in [0.3, 0.4) is 0 Å². The highest BCUT2D eigenvalue weighted by Gasteiger charge is 2.35. The average Bonchev–Trinajstić information content (AvgIpc) is 3.26. The molecule has 2 atom stereocenters. The highest BCUT2D eigenvalue weighted by Crippen LogP contribution is 2.40. The van der Waals surface area contributed by atoms with Gasteiger partial charge in [0.25, 0.3) is 0 Å². The van der Waals surface area contributed by atoms with Crippen molar-refractivity contribution in [2.75, 3.05) is 0 Å². The molecule has 0 amide bonds. The molecule has 0 aromatic rings. The predicted octanol–water partition coefficient (Wildman–Crippen LogP) is 3.79. The van der Waals surface area contributed by atoms with Gasteiger partial charge in [-0.1, -0.05) is 26.7 Å². The number of carboxylic acid groups (broad SMARTS) is 2. The Morgan fingerprint density at radius 3 is 1.90 bits per heavy atom. The third-order valence-electron chi connectivity index (χ3n) is 4.36. The summed E-state index contributed by atoms with van der Waals surface area (Å²) >= 11 is 0. The van der Waals surface area contributed by atoms with Crippen LogP contribution >= 0.6 is 0 Å². The Hall–Kier alpha value is -1.06. The number of carbonyl (C=O) groups is 2. The van der Waals surface area contributed by atoms with Crippen LogP contribution in [0, 0.1) is 23.7 Å². The zero-order valence-corrected chi connectivity index (χ0v) is 12.7. The average molecular weight is 284 g/mol. The van der Waals surface area contributed by atoms with Crippen LogP contribution in [-0.4, -0.2) is 22.2 Å². The summed E-state index contributed by atoms with van der Waals surface area (Å²) in [4.78, 5) is 20.9. The molecule has 2 rings (SSSR count). The van der Waals surface area contributed by atoms with Crippen LogP contribution in [0.5, 0.6) is 0 Å². The van der Waals surface area contributed by atoms with Crippen molar-refractivity contribution in [3.05, 3.63) is 0 Å². The smallest absolute Gasteiger partial charge is 0.306 e. The van der Waals surface area contributed by atoms with E-state index in [4.69, 9.17) is 10.2 Å². The van der Waals surface area contributed by atoms with Crippen molar-refractivity contribution >= 4 is 11.9 Å². The van der Waals surface area contributed by atoms with E-state index in [-0.39, 0.29) is 5.92 Å². The molecule has 2 aliphatic rings. The number of rotatable bonds is 8. The molecule has 2 unspecified atom stereocenters. The van der Waals surface area contributed by atoms with Crippen molar-refractivity contribution in [3.8, 4) is 0 Å². The van der Waals surface area contributed by atoms with Gasteiger partial charge in [-0.3, -0.25) is 9.59 Å². The minimum Gasteiger partial charge on any atom is -0.481 e. The minimum atomic E-state index is -0.640. The molecule has 2 saturated carbocycles. The Balaban J connectivity index is 0.000000200. The zero-order chi connectivity index (χ0) is 15.1. The summed E-state index contributed by atoms with van der Waals surface area (Å²) < 4.78 is 0. The van der Waals surface area contributed by atoms with Gasteiger partial charge in [0, 0.05) is 6.42 Å². The van der Waals surface area contributed by atoms with Gasteiger partial charge in [-0.2, -0.15) is 0 Å². The summed E-state index contributed by atoms with van der Waals surface area (Å²) in [6, 6.07) is 0. The topological polar surface area (TPSA) is 74.6 Å². The van der Waals surface area contributed by atoms with Crippen LogP contribution in [0.25, 0.3) is 0 Å². The molecule has 2 fully saturated rings. The Bertz CT molecular complexity index is 318.